The van der Waals surface area contributed by atoms with Gasteiger partial charge in [-0.1, -0.05) is 50.6 Å². The molecule has 1 aromatic rings. The summed E-state index contributed by atoms with van der Waals surface area (Å²) in [6.45, 7) is 10.3. The molecule has 1 N–H and O–H groups in total. The average Bonchev–Trinajstić information content (AvgIpc) is 2.29. The number of nitrogens with one attached hydrogen (secondary N) is 1. The zero-order chi connectivity index (χ0) is 13.2. The average molecular weight is 245 g/mol. The second kappa shape index (κ2) is 5.44. The Bertz CT molecular complexity index is 371. The van der Waals surface area contributed by atoms with E-state index in [0.29, 0.717) is 5.41 Å². The van der Waals surface area contributed by atoms with Gasteiger partial charge in [-0.2, -0.15) is 0 Å². The number of rotatable bonds is 5. The van der Waals surface area contributed by atoms with Crippen molar-refractivity contribution >= 4 is 0 Å². The van der Waals surface area contributed by atoms with Crippen LogP contribution < -0.4 is 5.32 Å². The van der Waals surface area contributed by atoms with E-state index in [9.17, 15) is 0 Å². The Balaban J connectivity index is 1.75. The Hall–Kier alpha value is -0.820. The molecule has 0 unspecified atom stereocenters. The van der Waals surface area contributed by atoms with E-state index < -0.39 is 0 Å². The SMILES string of the molecule is CCC(C)(C)CNC1CC(c2ccc(C)cc2)C1. The smallest absolute Gasteiger partial charge is 0.00789 e. The van der Waals surface area contributed by atoms with Crippen LogP contribution in [0.25, 0.3) is 0 Å². The van der Waals surface area contributed by atoms with Crippen LogP contribution >= 0.6 is 0 Å². The monoisotopic (exact) mass is 245 g/mol. The van der Waals surface area contributed by atoms with Crippen LogP contribution in [0.15, 0.2) is 24.3 Å². The quantitative estimate of drug-likeness (QED) is 0.817. The maximum atomic E-state index is 3.72. The third-order valence-corrected chi connectivity index (χ3v) is 4.51. The molecule has 0 aliphatic heterocycles. The second-order valence-corrected chi connectivity index (χ2v) is 6.67. The first-order chi connectivity index (χ1) is 8.50. The largest absolute Gasteiger partial charge is 0.313 e. The molecule has 1 aromatic carbocycles. The minimum atomic E-state index is 0.439. The predicted octanol–water partition coefficient (Wildman–Crippen LogP) is 4.27. The third kappa shape index (κ3) is 3.35. The number of hydrogen-bond acceptors (Lipinski definition) is 1. The van der Waals surface area contributed by atoms with Crippen LogP contribution in [0.3, 0.4) is 0 Å². The summed E-state index contributed by atoms with van der Waals surface area (Å²) in [6.07, 6.45) is 3.86. The van der Waals surface area contributed by atoms with Crippen LogP contribution in [0.1, 0.15) is 57.1 Å². The molecule has 1 saturated carbocycles. The van der Waals surface area contributed by atoms with Crippen LogP contribution in [0, 0.1) is 12.3 Å². The Morgan fingerprint density at radius 2 is 1.78 bits per heavy atom. The second-order valence-electron chi connectivity index (χ2n) is 6.67. The molecule has 0 saturated heterocycles. The molecule has 0 atom stereocenters. The highest BCUT2D eigenvalue weighted by Crippen LogP contribution is 2.37. The van der Waals surface area contributed by atoms with E-state index in [1.54, 1.807) is 0 Å². The van der Waals surface area contributed by atoms with Crippen LogP contribution in [0.5, 0.6) is 0 Å². The number of aryl methyl sites for hydroxylation is 1. The summed E-state index contributed by atoms with van der Waals surface area (Å²) < 4.78 is 0. The lowest BCUT2D eigenvalue weighted by atomic mass is 9.75. The van der Waals surface area contributed by atoms with E-state index in [2.05, 4.69) is 57.3 Å². The molecule has 18 heavy (non-hydrogen) atoms. The summed E-state index contributed by atoms with van der Waals surface area (Å²) >= 11 is 0. The fraction of sp³-hybridized carbons (Fsp3) is 0.647. The molecule has 0 amide bonds. The Labute approximate surface area is 112 Å². The van der Waals surface area contributed by atoms with Crippen molar-refractivity contribution in [3.63, 3.8) is 0 Å². The predicted molar refractivity (Wildman–Crippen MR) is 79.0 cm³/mol. The van der Waals surface area contributed by atoms with E-state index in [0.717, 1.165) is 18.5 Å². The molecule has 0 radical (unpaired) electrons. The minimum Gasteiger partial charge on any atom is -0.313 e. The maximum Gasteiger partial charge on any atom is 0.00789 e. The van der Waals surface area contributed by atoms with Gasteiger partial charge in [0.05, 0.1) is 0 Å². The highest BCUT2D eigenvalue weighted by atomic mass is 14.9. The Morgan fingerprint density at radius 1 is 1.17 bits per heavy atom. The third-order valence-electron chi connectivity index (χ3n) is 4.51. The molecule has 0 aromatic heterocycles. The Kier molecular flexibility index (Phi) is 4.11. The van der Waals surface area contributed by atoms with Crippen molar-refractivity contribution in [3.8, 4) is 0 Å². The highest BCUT2D eigenvalue weighted by molar-refractivity contribution is 5.26. The summed E-state index contributed by atoms with van der Waals surface area (Å²) in [5.41, 5.74) is 3.32. The van der Waals surface area contributed by atoms with Gasteiger partial charge < -0.3 is 5.32 Å². The number of benzene rings is 1. The first-order valence-corrected chi connectivity index (χ1v) is 7.30. The lowest BCUT2D eigenvalue weighted by molar-refractivity contribution is 0.239. The molecule has 1 heteroatoms. The minimum absolute atomic E-state index is 0.439. The van der Waals surface area contributed by atoms with Gasteiger partial charge in [-0.25, -0.2) is 0 Å². The summed E-state index contributed by atoms with van der Waals surface area (Å²) in [5, 5.41) is 3.72. The van der Waals surface area contributed by atoms with E-state index in [1.165, 1.54) is 30.4 Å². The molecule has 2 rings (SSSR count). The zero-order valence-corrected chi connectivity index (χ0v) is 12.3. The highest BCUT2D eigenvalue weighted by Gasteiger charge is 2.30. The molecule has 0 bridgehead atoms. The normalized spacial score (nSPS) is 23.8. The van der Waals surface area contributed by atoms with Gasteiger partial charge in [0.1, 0.15) is 0 Å². The first-order valence-electron chi connectivity index (χ1n) is 7.30. The van der Waals surface area contributed by atoms with Gasteiger partial charge in [-0.3, -0.25) is 0 Å². The molecular formula is C17H27N. The molecule has 1 fully saturated rings. The summed E-state index contributed by atoms with van der Waals surface area (Å²) in [4.78, 5) is 0. The number of hydrogen-bond donors (Lipinski definition) is 1. The Morgan fingerprint density at radius 3 is 2.33 bits per heavy atom. The molecule has 0 heterocycles. The topological polar surface area (TPSA) is 12.0 Å². The van der Waals surface area contributed by atoms with Crippen LogP contribution in [0.4, 0.5) is 0 Å². The molecule has 0 spiro atoms. The molecule has 1 aliphatic carbocycles. The van der Waals surface area contributed by atoms with Crippen molar-refractivity contribution in [1.82, 2.24) is 5.32 Å². The van der Waals surface area contributed by atoms with Crippen molar-refractivity contribution in [2.45, 2.75) is 58.9 Å². The zero-order valence-electron chi connectivity index (χ0n) is 12.3. The molecule has 1 aliphatic rings. The lowest BCUT2D eigenvalue weighted by Gasteiger charge is -2.38. The summed E-state index contributed by atoms with van der Waals surface area (Å²) in [5.74, 6) is 0.785. The summed E-state index contributed by atoms with van der Waals surface area (Å²) in [6, 6.07) is 9.80. The first kappa shape index (κ1) is 13.6. The van der Waals surface area contributed by atoms with Crippen molar-refractivity contribution in [2.75, 3.05) is 6.54 Å². The van der Waals surface area contributed by atoms with E-state index in [1.807, 2.05) is 0 Å². The van der Waals surface area contributed by atoms with Crippen molar-refractivity contribution in [3.05, 3.63) is 35.4 Å². The van der Waals surface area contributed by atoms with Gasteiger partial charge >= 0.3 is 0 Å². The molecule has 100 valence electrons. The molecular weight excluding hydrogens is 218 g/mol. The van der Waals surface area contributed by atoms with Crippen molar-refractivity contribution in [1.29, 1.82) is 0 Å². The standard InChI is InChI=1S/C17H27N/c1-5-17(3,4)12-18-16-10-15(11-16)14-8-6-13(2)7-9-14/h6-9,15-16,18H,5,10-12H2,1-4H3. The van der Waals surface area contributed by atoms with E-state index in [4.69, 9.17) is 0 Å². The van der Waals surface area contributed by atoms with Crippen molar-refractivity contribution < 1.29 is 0 Å². The lowest BCUT2D eigenvalue weighted by Crippen LogP contribution is -2.44. The van der Waals surface area contributed by atoms with Crippen LogP contribution in [-0.2, 0) is 0 Å². The van der Waals surface area contributed by atoms with Crippen LogP contribution in [0.2, 0.25) is 0 Å². The van der Waals surface area contributed by atoms with Crippen LogP contribution in [-0.4, -0.2) is 12.6 Å². The van der Waals surface area contributed by atoms with E-state index in [-0.39, 0.29) is 0 Å². The fourth-order valence-corrected chi connectivity index (χ4v) is 2.44. The maximum absolute atomic E-state index is 3.72. The van der Waals surface area contributed by atoms with Crippen molar-refractivity contribution in [2.24, 2.45) is 5.41 Å². The van der Waals surface area contributed by atoms with Gasteiger partial charge in [0.25, 0.3) is 0 Å². The van der Waals surface area contributed by atoms with Gasteiger partial charge in [-0.05, 0) is 43.1 Å². The van der Waals surface area contributed by atoms with Gasteiger partial charge in [0.2, 0.25) is 0 Å². The van der Waals surface area contributed by atoms with Gasteiger partial charge in [0.15, 0.2) is 0 Å². The van der Waals surface area contributed by atoms with Gasteiger partial charge in [-0.15, -0.1) is 0 Å². The van der Waals surface area contributed by atoms with E-state index >= 15 is 0 Å². The molecule has 1 nitrogen and oxygen atoms in total. The fourth-order valence-electron chi connectivity index (χ4n) is 2.44. The van der Waals surface area contributed by atoms with Gasteiger partial charge in [0, 0.05) is 12.6 Å². The summed E-state index contributed by atoms with van der Waals surface area (Å²) in [7, 11) is 0.